The van der Waals surface area contributed by atoms with E-state index in [0.29, 0.717) is 11.5 Å². The van der Waals surface area contributed by atoms with E-state index in [2.05, 4.69) is 90.7 Å². The molecule has 4 heteroatoms. The van der Waals surface area contributed by atoms with E-state index in [1.54, 1.807) is 6.07 Å². The molecule has 4 aromatic carbocycles. The molecular weight excluding hydrogens is 410 g/mol. The fraction of sp³-hybridized carbons (Fsp3) is 0.172. The lowest BCUT2D eigenvalue weighted by atomic mass is 9.91. The van der Waals surface area contributed by atoms with Crippen LogP contribution in [0.2, 0.25) is 0 Å². The van der Waals surface area contributed by atoms with Gasteiger partial charge in [-0.15, -0.1) is 0 Å². The number of rotatable bonds is 4. The minimum atomic E-state index is 0.0179. The van der Waals surface area contributed by atoms with E-state index >= 15 is 0 Å². The van der Waals surface area contributed by atoms with Crippen molar-refractivity contribution in [3.05, 3.63) is 119 Å². The normalized spacial score (nSPS) is 16.3. The molecule has 4 aromatic rings. The highest BCUT2D eigenvalue weighted by atomic mass is 16.7. The standard InChI is InChI=1S/C29H25NO3/c1-19-12-13-25-22(14-19)24(23-15-27-28(16-26(23)31)33-18-32-27)17-30(25)29(20-8-4-2-5-9-20)21-10-6-3-7-11-21/h2-16,24,29,31H,17-18H2,1H3. The summed E-state index contributed by atoms with van der Waals surface area (Å²) in [5.41, 5.74) is 6.98. The number of nitrogens with zero attached hydrogens (tertiary/aromatic N) is 1. The number of fused-ring (bicyclic) bond motifs is 2. The Labute approximate surface area is 193 Å². The third kappa shape index (κ3) is 3.39. The Morgan fingerprint density at radius 1 is 0.788 bits per heavy atom. The molecule has 1 atom stereocenters. The maximum absolute atomic E-state index is 10.9. The highest BCUT2D eigenvalue weighted by molar-refractivity contribution is 5.68. The van der Waals surface area contributed by atoms with Crippen LogP contribution in [0.3, 0.4) is 0 Å². The second-order valence-electron chi connectivity index (χ2n) is 8.76. The Morgan fingerprint density at radius 2 is 1.42 bits per heavy atom. The predicted molar refractivity (Wildman–Crippen MR) is 129 cm³/mol. The zero-order valence-corrected chi connectivity index (χ0v) is 18.4. The number of hydrogen-bond donors (Lipinski definition) is 1. The maximum atomic E-state index is 10.9. The number of phenols is 1. The molecule has 2 aliphatic heterocycles. The van der Waals surface area contributed by atoms with Crippen molar-refractivity contribution in [3.63, 3.8) is 0 Å². The van der Waals surface area contributed by atoms with Gasteiger partial charge in [0.1, 0.15) is 5.75 Å². The quantitative estimate of drug-likeness (QED) is 0.416. The van der Waals surface area contributed by atoms with Gasteiger partial charge in [-0.1, -0.05) is 78.4 Å². The van der Waals surface area contributed by atoms with Crippen LogP contribution in [0.1, 0.15) is 39.8 Å². The highest BCUT2D eigenvalue weighted by Crippen LogP contribution is 2.50. The Morgan fingerprint density at radius 3 is 2.09 bits per heavy atom. The lowest BCUT2D eigenvalue weighted by molar-refractivity contribution is 0.174. The number of hydrogen-bond acceptors (Lipinski definition) is 4. The van der Waals surface area contributed by atoms with Crippen molar-refractivity contribution < 1.29 is 14.6 Å². The van der Waals surface area contributed by atoms with E-state index in [0.717, 1.165) is 12.1 Å². The Hall–Kier alpha value is -3.92. The largest absolute Gasteiger partial charge is 0.508 e. The average molecular weight is 436 g/mol. The number of aryl methyl sites for hydroxylation is 1. The maximum Gasteiger partial charge on any atom is 0.231 e. The van der Waals surface area contributed by atoms with Crippen molar-refractivity contribution >= 4 is 5.69 Å². The summed E-state index contributed by atoms with van der Waals surface area (Å²) in [4.78, 5) is 2.47. The second-order valence-corrected chi connectivity index (χ2v) is 8.76. The molecule has 1 N–H and O–H groups in total. The molecule has 0 spiro atoms. The Balaban J connectivity index is 1.50. The molecule has 0 saturated heterocycles. The van der Waals surface area contributed by atoms with Crippen LogP contribution in [0.5, 0.6) is 17.2 Å². The van der Waals surface area contributed by atoms with Gasteiger partial charge in [-0.2, -0.15) is 0 Å². The number of anilines is 1. The van der Waals surface area contributed by atoms with Gasteiger partial charge in [0, 0.05) is 29.8 Å². The molecule has 0 aliphatic carbocycles. The van der Waals surface area contributed by atoms with Crippen molar-refractivity contribution in [2.24, 2.45) is 0 Å². The molecule has 0 aromatic heterocycles. The van der Waals surface area contributed by atoms with Gasteiger partial charge in [0.25, 0.3) is 0 Å². The van der Waals surface area contributed by atoms with Gasteiger partial charge < -0.3 is 19.5 Å². The van der Waals surface area contributed by atoms with E-state index in [4.69, 9.17) is 9.47 Å². The first-order valence-corrected chi connectivity index (χ1v) is 11.3. The first-order chi connectivity index (χ1) is 16.2. The van der Waals surface area contributed by atoms with E-state index < -0.39 is 0 Å². The first kappa shape index (κ1) is 19.7. The lowest BCUT2D eigenvalue weighted by Gasteiger charge is -2.32. The number of benzene rings is 4. The minimum Gasteiger partial charge on any atom is -0.508 e. The fourth-order valence-corrected chi connectivity index (χ4v) is 5.17. The summed E-state index contributed by atoms with van der Waals surface area (Å²) < 4.78 is 11.1. The van der Waals surface area contributed by atoms with Crippen LogP contribution in [-0.2, 0) is 0 Å². The van der Waals surface area contributed by atoms with Crippen LogP contribution in [0.4, 0.5) is 5.69 Å². The van der Waals surface area contributed by atoms with Crippen molar-refractivity contribution in [1.29, 1.82) is 0 Å². The summed E-state index contributed by atoms with van der Waals surface area (Å²) in [5.74, 6) is 1.55. The van der Waals surface area contributed by atoms with Crippen molar-refractivity contribution in [1.82, 2.24) is 0 Å². The third-order valence-electron chi connectivity index (χ3n) is 6.69. The van der Waals surface area contributed by atoms with Crippen molar-refractivity contribution in [2.75, 3.05) is 18.2 Å². The molecule has 33 heavy (non-hydrogen) atoms. The van der Waals surface area contributed by atoms with Crippen LogP contribution in [0.15, 0.2) is 91.0 Å². The zero-order valence-electron chi connectivity index (χ0n) is 18.4. The molecule has 0 bridgehead atoms. The number of phenolic OH excluding ortho intramolecular Hbond substituents is 1. The third-order valence-corrected chi connectivity index (χ3v) is 6.69. The van der Waals surface area contributed by atoms with Crippen LogP contribution < -0.4 is 14.4 Å². The first-order valence-electron chi connectivity index (χ1n) is 11.3. The molecular formula is C29H25NO3. The van der Waals surface area contributed by atoms with Crippen LogP contribution in [0, 0.1) is 6.92 Å². The van der Waals surface area contributed by atoms with Crippen LogP contribution in [0.25, 0.3) is 0 Å². The van der Waals surface area contributed by atoms with Crippen LogP contribution >= 0.6 is 0 Å². The van der Waals surface area contributed by atoms with Gasteiger partial charge >= 0.3 is 0 Å². The summed E-state index contributed by atoms with van der Waals surface area (Å²) in [6, 6.07) is 31.6. The van der Waals surface area contributed by atoms with Crippen LogP contribution in [-0.4, -0.2) is 18.4 Å². The number of ether oxygens (including phenoxy) is 2. The molecule has 0 saturated carbocycles. The van der Waals surface area contributed by atoms with E-state index in [1.165, 1.54) is 27.9 Å². The molecule has 164 valence electrons. The summed E-state index contributed by atoms with van der Waals surface area (Å²) in [6.45, 7) is 3.06. The number of aromatic hydroxyl groups is 1. The van der Waals surface area contributed by atoms with Gasteiger partial charge in [-0.25, -0.2) is 0 Å². The topological polar surface area (TPSA) is 41.9 Å². The second kappa shape index (κ2) is 7.89. The van der Waals surface area contributed by atoms with E-state index in [1.807, 2.05) is 6.07 Å². The molecule has 0 radical (unpaired) electrons. The summed E-state index contributed by atoms with van der Waals surface area (Å²) in [5, 5.41) is 10.9. The molecule has 1 unspecified atom stereocenters. The molecule has 6 rings (SSSR count). The molecule has 2 heterocycles. The monoisotopic (exact) mass is 435 g/mol. The fourth-order valence-electron chi connectivity index (χ4n) is 5.17. The van der Waals surface area contributed by atoms with Gasteiger partial charge in [0.15, 0.2) is 11.5 Å². The van der Waals surface area contributed by atoms with E-state index in [-0.39, 0.29) is 24.5 Å². The van der Waals surface area contributed by atoms with Gasteiger partial charge in [0.2, 0.25) is 6.79 Å². The molecule has 4 nitrogen and oxygen atoms in total. The van der Waals surface area contributed by atoms with Crippen molar-refractivity contribution in [3.8, 4) is 17.2 Å². The van der Waals surface area contributed by atoms with Gasteiger partial charge in [-0.3, -0.25) is 0 Å². The smallest absolute Gasteiger partial charge is 0.231 e. The van der Waals surface area contributed by atoms with Gasteiger partial charge in [-0.05, 0) is 35.7 Å². The summed E-state index contributed by atoms with van der Waals surface area (Å²) in [7, 11) is 0. The molecule has 2 aliphatic rings. The minimum absolute atomic E-state index is 0.0179. The Bertz CT molecular complexity index is 1260. The predicted octanol–water partition coefficient (Wildman–Crippen LogP) is 6.17. The lowest BCUT2D eigenvalue weighted by Crippen LogP contribution is -2.28. The summed E-state index contributed by atoms with van der Waals surface area (Å²) >= 11 is 0. The molecule has 0 amide bonds. The van der Waals surface area contributed by atoms with Gasteiger partial charge in [0.05, 0.1) is 6.04 Å². The average Bonchev–Trinajstić information content (AvgIpc) is 3.44. The highest BCUT2D eigenvalue weighted by Gasteiger charge is 2.37. The summed E-state index contributed by atoms with van der Waals surface area (Å²) in [6.07, 6.45) is 0. The van der Waals surface area contributed by atoms with Crippen molar-refractivity contribution in [2.45, 2.75) is 18.9 Å². The zero-order chi connectivity index (χ0) is 22.4. The Kier molecular flexibility index (Phi) is 4.72. The molecule has 0 fully saturated rings. The van der Waals surface area contributed by atoms with E-state index in [9.17, 15) is 5.11 Å². The SMILES string of the molecule is Cc1ccc2c(c1)C(c1cc3c(cc1O)OCO3)CN2C(c1ccccc1)c1ccccc1.